The molecule has 0 aliphatic carbocycles. The molecule has 2 rings (SSSR count). The van der Waals surface area contributed by atoms with Gasteiger partial charge in [0.05, 0.1) is 12.2 Å². The number of aromatic nitrogens is 1. The summed E-state index contributed by atoms with van der Waals surface area (Å²) in [5.74, 6) is -1.59. The molecule has 0 saturated heterocycles. The summed E-state index contributed by atoms with van der Waals surface area (Å²) in [4.78, 5) is 26.0. The second kappa shape index (κ2) is 6.24. The molecule has 0 atom stereocenters. The van der Waals surface area contributed by atoms with E-state index in [1.807, 2.05) is 0 Å². The third kappa shape index (κ3) is 3.49. The molecule has 0 saturated carbocycles. The van der Waals surface area contributed by atoms with Crippen molar-refractivity contribution in [2.75, 3.05) is 0 Å². The average Bonchev–Trinajstić information content (AvgIpc) is 2.48. The number of carboxylic acid groups (broad SMARTS) is 1. The van der Waals surface area contributed by atoms with Gasteiger partial charge in [-0.2, -0.15) is 5.10 Å². The van der Waals surface area contributed by atoms with E-state index in [2.05, 4.69) is 15.5 Å². The largest absolute Gasteiger partial charge is 0.545 e. The molecule has 0 aliphatic rings. The lowest BCUT2D eigenvalue weighted by Gasteiger charge is -2.01. The monoisotopic (exact) mass is 268 g/mol. The Morgan fingerprint density at radius 3 is 2.30 bits per heavy atom. The van der Waals surface area contributed by atoms with Crippen LogP contribution in [0.4, 0.5) is 0 Å². The van der Waals surface area contributed by atoms with Crippen LogP contribution in [0.25, 0.3) is 0 Å². The number of rotatable bonds is 4. The van der Waals surface area contributed by atoms with E-state index in [9.17, 15) is 14.7 Å². The first-order valence-electron chi connectivity index (χ1n) is 5.71. The van der Waals surface area contributed by atoms with Crippen molar-refractivity contribution < 1.29 is 14.7 Å². The van der Waals surface area contributed by atoms with Gasteiger partial charge in [-0.15, -0.1) is 0 Å². The highest BCUT2D eigenvalue weighted by Crippen LogP contribution is 2.01. The average molecular weight is 268 g/mol. The van der Waals surface area contributed by atoms with Crippen LogP contribution in [0.5, 0.6) is 0 Å². The van der Waals surface area contributed by atoms with Gasteiger partial charge in [-0.05, 0) is 23.3 Å². The van der Waals surface area contributed by atoms with Crippen LogP contribution in [0, 0.1) is 0 Å². The van der Waals surface area contributed by atoms with Crippen LogP contribution in [-0.4, -0.2) is 23.1 Å². The molecule has 0 aliphatic heterocycles. The molecule has 1 aromatic carbocycles. The molecule has 1 heterocycles. The van der Waals surface area contributed by atoms with Gasteiger partial charge in [0.1, 0.15) is 0 Å². The molecular formula is C14H10N3O3-. The fraction of sp³-hybridized carbons (Fsp3) is 0. The zero-order chi connectivity index (χ0) is 14.4. The lowest BCUT2D eigenvalue weighted by Crippen LogP contribution is -2.22. The standard InChI is InChI=1S/C14H11N3O3/c18-13(11-5-7-15-8-6-11)17-16-9-10-1-3-12(4-2-10)14(19)20/h1-9H,(H,17,18)(H,19,20)/p-1/b16-9-. The number of hydrogen-bond acceptors (Lipinski definition) is 5. The Morgan fingerprint density at radius 2 is 1.70 bits per heavy atom. The highest BCUT2D eigenvalue weighted by atomic mass is 16.4. The SMILES string of the molecule is O=C([O-])c1ccc(/C=N\NC(=O)c2ccncc2)cc1. The second-order valence-corrected chi connectivity index (χ2v) is 3.84. The number of carbonyl (C=O) groups excluding carboxylic acids is 2. The summed E-state index contributed by atoms with van der Waals surface area (Å²) in [7, 11) is 0. The first kappa shape index (κ1) is 13.4. The van der Waals surface area contributed by atoms with Gasteiger partial charge in [0, 0.05) is 18.0 Å². The van der Waals surface area contributed by atoms with Gasteiger partial charge in [-0.1, -0.05) is 24.3 Å². The third-order valence-corrected chi connectivity index (χ3v) is 2.47. The molecule has 20 heavy (non-hydrogen) atoms. The number of amides is 1. The molecule has 6 nitrogen and oxygen atoms in total. The summed E-state index contributed by atoms with van der Waals surface area (Å²) in [6.07, 6.45) is 4.44. The molecule has 2 aromatic rings. The summed E-state index contributed by atoms with van der Waals surface area (Å²) in [6.45, 7) is 0. The Morgan fingerprint density at radius 1 is 1.05 bits per heavy atom. The van der Waals surface area contributed by atoms with Crippen molar-refractivity contribution in [2.24, 2.45) is 5.10 Å². The molecular weight excluding hydrogens is 258 g/mol. The maximum absolute atomic E-state index is 11.6. The summed E-state index contributed by atoms with van der Waals surface area (Å²) in [5.41, 5.74) is 3.55. The molecule has 0 fully saturated rings. The van der Waals surface area contributed by atoms with Crippen molar-refractivity contribution in [1.82, 2.24) is 10.4 Å². The minimum atomic E-state index is -1.24. The van der Waals surface area contributed by atoms with Gasteiger partial charge in [0.15, 0.2) is 0 Å². The number of nitrogens with zero attached hydrogens (tertiary/aromatic N) is 2. The first-order chi connectivity index (χ1) is 9.66. The lowest BCUT2D eigenvalue weighted by atomic mass is 10.1. The molecule has 0 bridgehead atoms. The van der Waals surface area contributed by atoms with Crippen molar-refractivity contribution in [1.29, 1.82) is 0 Å². The zero-order valence-corrected chi connectivity index (χ0v) is 10.3. The molecule has 1 N–H and O–H groups in total. The number of benzene rings is 1. The number of carboxylic acids is 1. The Kier molecular flexibility index (Phi) is 4.18. The Hall–Kier alpha value is -3.02. The minimum absolute atomic E-state index is 0.0861. The third-order valence-electron chi connectivity index (χ3n) is 2.47. The predicted molar refractivity (Wildman–Crippen MR) is 70.1 cm³/mol. The van der Waals surface area contributed by atoms with Gasteiger partial charge >= 0.3 is 0 Å². The molecule has 1 amide bonds. The number of nitrogens with one attached hydrogen (secondary N) is 1. The Bertz CT molecular complexity index is 636. The molecule has 100 valence electrons. The van der Waals surface area contributed by atoms with Crippen molar-refractivity contribution in [3.63, 3.8) is 0 Å². The van der Waals surface area contributed by atoms with Crippen LogP contribution in [-0.2, 0) is 0 Å². The smallest absolute Gasteiger partial charge is 0.271 e. The van der Waals surface area contributed by atoms with Crippen LogP contribution >= 0.6 is 0 Å². The summed E-state index contributed by atoms with van der Waals surface area (Å²) in [6, 6.07) is 9.07. The maximum Gasteiger partial charge on any atom is 0.271 e. The van der Waals surface area contributed by atoms with Gasteiger partial charge in [-0.25, -0.2) is 5.43 Å². The van der Waals surface area contributed by atoms with Gasteiger partial charge in [0.25, 0.3) is 5.91 Å². The van der Waals surface area contributed by atoms with E-state index in [1.165, 1.54) is 30.7 Å². The van der Waals surface area contributed by atoms with E-state index in [0.29, 0.717) is 11.1 Å². The van der Waals surface area contributed by atoms with E-state index in [1.54, 1.807) is 24.3 Å². The normalized spacial score (nSPS) is 10.4. The van der Waals surface area contributed by atoms with E-state index >= 15 is 0 Å². The van der Waals surface area contributed by atoms with Gasteiger partial charge in [-0.3, -0.25) is 9.78 Å². The van der Waals surface area contributed by atoms with Crippen LogP contribution in [0.15, 0.2) is 53.9 Å². The fourth-order valence-corrected chi connectivity index (χ4v) is 1.44. The van der Waals surface area contributed by atoms with Gasteiger partial charge < -0.3 is 9.90 Å². The second-order valence-electron chi connectivity index (χ2n) is 3.84. The Balaban J connectivity index is 1.96. The Labute approximate surface area is 114 Å². The zero-order valence-electron chi connectivity index (χ0n) is 10.3. The fourth-order valence-electron chi connectivity index (χ4n) is 1.44. The highest BCUT2D eigenvalue weighted by Gasteiger charge is 2.01. The summed E-state index contributed by atoms with van der Waals surface area (Å²) in [5, 5.41) is 14.4. The van der Waals surface area contributed by atoms with Crippen molar-refractivity contribution in [3.05, 3.63) is 65.5 Å². The number of hydrogen-bond donors (Lipinski definition) is 1. The van der Waals surface area contributed by atoms with E-state index < -0.39 is 5.97 Å². The molecule has 0 spiro atoms. The molecule has 0 radical (unpaired) electrons. The van der Waals surface area contributed by atoms with Crippen LogP contribution in [0.2, 0.25) is 0 Å². The van der Waals surface area contributed by atoms with Crippen molar-refractivity contribution in [3.8, 4) is 0 Å². The highest BCUT2D eigenvalue weighted by molar-refractivity contribution is 5.94. The predicted octanol–water partition coefficient (Wildman–Crippen LogP) is 0.209. The molecule has 0 unspecified atom stereocenters. The maximum atomic E-state index is 11.6. The van der Waals surface area contributed by atoms with Crippen LogP contribution in [0.3, 0.4) is 0 Å². The molecule has 6 heteroatoms. The quantitative estimate of drug-likeness (QED) is 0.633. The van der Waals surface area contributed by atoms with Crippen molar-refractivity contribution in [2.45, 2.75) is 0 Å². The van der Waals surface area contributed by atoms with Crippen LogP contribution in [0.1, 0.15) is 26.3 Å². The van der Waals surface area contributed by atoms with Gasteiger partial charge in [0.2, 0.25) is 0 Å². The summed E-state index contributed by atoms with van der Waals surface area (Å²) >= 11 is 0. The van der Waals surface area contributed by atoms with Crippen LogP contribution < -0.4 is 10.5 Å². The van der Waals surface area contributed by atoms with E-state index in [0.717, 1.165) is 0 Å². The minimum Gasteiger partial charge on any atom is -0.545 e. The lowest BCUT2D eigenvalue weighted by molar-refractivity contribution is -0.255. The first-order valence-corrected chi connectivity index (χ1v) is 5.71. The van der Waals surface area contributed by atoms with Crippen molar-refractivity contribution >= 4 is 18.1 Å². The number of carbonyl (C=O) groups is 2. The number of aromatic carboxylic acids is 1. The topological polar surface area (TPSA) is 94.5 Å². The van der Waals surface area contributed by atoms with E-state index in [-0.39, 0.29) is 11.5 Å². The number of hydrazone groups is 1. The molecule has 1 aromatic heterocycles. The summed E-state index contributed by atoms with van der Waals surface area (Å²) < 4.78 is 0. The van der Waals surface area contributed by atoms with E-state index in [4.69, 9.17) is 0 Å². The number of pyridine rings is 1.